The fourth-order valence-electron chi connectivity index (χ4n) is 6.73. The molecule has 2 rings (SSSR count). The van der Waals surface area contributed by atoms with E-state index in [2.05, 4.69) is 51.3 Å². The third kappa shape index (κ3) is 8.52. The van der Waals surface area contributed by atoms with Crippen molar-refractivity contribution in [2.24, 2.45) is 5.41 Å². The first-order chi connectivity index (χ1) is 15.9. The standard InChI is InChI=1S/C31H62N2/c1-7-11-15-17-20-24-29(5,21-14-10-4)32-25-31(26-32)27-33(28-31)30(6,22-18-13-9-3)23-19-16-12-8-2/h7-28H2,1-6H3. The molecule has 1 spiro atoms. The fraction of sp³-hybridized carbons (Fsp3) is 1.00. The first-order valence-corrected chi connectivity index (χ1v) is 15.4. The molecule has 0 N–H and O–H groups in total. The van der Waals surface area contributed by atoms with Gasteiger partial charge in [0, 0.05) is 42.7 Å². The quantitative estimate of drug-likeness (QED) is 0.166. The average molecular weight is 463 g/mol. The van der Waals surface area contributed by atoms with Gasteiger partial charge in [-0.1, -0.05) is 118 Å². The van der Waals surface area contributed by atoms with Gasteiger partial charge in [-0.3, -0.25) is 9.80 Å². The summed E-state index contributed by atoms with van der Waals surface area (Å²) < 4.78 is 0. The number of likely N-dealkylation sites (tertiary alicyclic amines) is 2. The third-order valence-electron chi connectivity index (χ3n) is 9.41. The first-order valence-electron chi connectivity index (χ1n) is 15.4. The number of rotatable bonds is 20. The van der Waals surface area contributed by atoms with Gasteiger partial charge in [-0.25, -0.2) is 0 Å². The minimum Gasteiger partial charge on any atom is -0.297 e. The Morgan fingerprint density at radius 2 is 0.758 bits per heavy atom. The molecule has 2 aliphatic rings. The van der Waals surface area contributed by atoms with Crippen LogP contribution < -0.4 is 0 Å². The van der Waals surface area contributed by atoms with Crippen molar-refractivity contribution in [3.05, 3.63) is 0 Å². The smallest absolute Gasteiger partial charge is 0.0213 e. The van der Waals surface area contributed by atoms with Crippen LogP contribution in [-0.2, 0) is 0 Å². The molecule has 0 aliphatic carbocycles. The Balaban J connectivity index is 1.86. The molecule has 2 heterocycles. The predicted octanol–water partition coefficient (Wildman–Crippen LogP) is 9.22. The van der Waals surface area contributed by atoms with Crippen molar-refractivity contribution < 1.29 is 0 Å². The van der Waals surface area contributed by atoms with Crippen molar-refractivity contribution in [3.63, 3.8) is 0 Å². The van der Waals surface area contributed by atoms with Gasteiger partial charge in [0.15, 0.2) is 0 Å². The molecule has 0 radical (unpaired) electrons. The summed E-state index contributed by atoms with van der Waals surface area (Å²) in [5, 5.41) is 0. The predicted molar refractivity (Wildman–Crippen MR) is 148 cm³/mol. The normalized spacial score (nSPS) is 22.0. The molecule has 196 valence electrons. The summed E-state index contributed by atoms with van der Waals surface area (Å²) in [6.45, 7) is 20.1. The number of hydrogen-bond acceptors (Lipinski definition) is 2. The molecule has 2 heteroatoms. The van der Waals surface area contributed by atoms with Crippen LogP contribution in [0.4, 0.5) is 0 Å². The molecule has 0 bridgehead atoms. The van der Waals surface area contributed by atoms with Gasteiger partial charge in [0.05, 0.1) is 0 Å². The minimum atomic E-state index is 0.457. The number of hydrogen-bond donors (Lipinski definition) is 0. The van der Waals surface area contributed by atoms with Gasteiger partial charge >= 0.3 is 0 Å². The lowest BCUT2D eigenvalue weighted by Gasteiger charge is -2.67. The van der Waals surface area contributed by atoms with Crippen LogP contribution in [0.15, 0.2) is 0 Å². The molecule has 2 fully saturated rings. The van der Waals surface area contributed by atoms with Gasteiger partial charge in [0.2, 0.25) is 0 Å². The lowest BCUT2D eigenvalue weighted by atomic mass is 9.66. The Kier molecular flexibility index (Phi) is 12.8. The third-order valence-corrected chi connectivity index (χ3v) is 9.41. The summed E-state index contributed by atoms with van der Waals surface area (Å²) in [4.78, 5) is 5.83. The summed E-state index contributed by atoms with van der Waals surface area (Å²) in [6, 6.07) is 0. The SMILES string of the molecule is CCCCCCCC(C)(CCCC)N1CC2(C1)CN(C(C)(CCCCC)CCCCCC)C2. The molecule has 2 nitrogen and oxygen atoms in total. The fourth-order valence-corrected chi connectivity index (χ4v) is 6.73. The van der Waals surface area contributed by atoms with E-state index in [0.717, 1.165) is 0 Å². The van der Waals surface area contributed by atoms with Crippen molar-refractivity contribution in [1.29, 1.82) is 0 Å². The van der Waals surface area contributed by atoms with Crippen molar-refractivity contribution >= 4 is 0 Å². The van der Waals surface area contributed by atoms with E-state index in [1.54, 1.807) is 0 Å². The summed E-state index contributed by atoms with van der Waals surface area (Å²) in [7, 11) is 0. The maximum absolute atomic E-state index is 2.92. The monoisotopic (exact) mass is 462 g/mol. The number of nitrogens with zero attached hydrogens (tertiary/aromatic N) is 2. The summed E-state index contributed by atoms with van der Waals surface area (Å²) >= 11 is 0. The zero-order valence-electron chi connectivity index (χ0n) is 24.0. The Labute approximate surface area is 209 Å². The Bertz CT molecular complexity index is 503. The van der Waals surface area contributed by atoms with Gasteiger partial charge in [-0.05, 0) is 39.5 Å². The van der Waals surface area contributed by atoms with Crippen molar-refractivity contribution in [2.75, 3.05) is 26.2 Å². The maximum atomic E-state index is 2.92. The van der Waals surface area contributed by atoms with E-state index in [-0.39, 0.29) is 0 Å². The maximum Gasteiger partial charge on any atom is 0.0213 e. The second-order valence-corrected chi connectivity index (χ2v) is 12.7. The van der Waals surface area contributed by atoms with E-state index in [0.29, 0.717) is 16.5 Å². The van der Waals surface area contributed by atoms with Crippen LogP contribution in [0.1, 0.15) is 157 Å². The Morgan fingerprint density at radius 3 is 1.18 bits per heavy atom. The highest BCUT2D eigenvalue weighted by molar-refractivity contribution is 5.12. The highest BCUT2D eigenvalue weighted by Crippen LogP contribution is 2.49. The largest absolute Gasteiger partial charge is 0.297 e. The molecule has 2 atom stereocenters. The second kappa shape index (κ2) is 14.5. The van der Waals surface area contributed by atoms with E-state index in [4.69, 9.17) is 0 Å². The summed E-state index contributed by atoms with van der Waals surface area (Å²) in [5.74, 6) is 0. The van der Waals surface area contributed by atoms with E-state index in [1.807, 2.05) is 0 Å². The summed E-state index contributed by atoms with van der Waals surface area (Å²) in [6.07, 6.45) is 25.3. The van der Waals surface area contributed by atoms with E-state index >= 15 is 0 Å². The zero-order valence-corrected chi connectivity index (χ0v) is 24.0. The topological polar surface area (TPSA) is 6.48 Å². The Morgan fingerprint density at radius 1 is 0.455 bits per heavy atom. The van der Waals surface area contributed by atoms with Gasteiger partial charge in [-0.15, -0.1) is 0 Å². The average Bonchev–Trinajstić information content (AvgIpc) is 2.73. The zero-order chi connectivity index (χ0) is 24.2. The van der Waals surface area contributed by atoms with Gasteiger partial charge in [0.1, 0.15) is 0 Å². The van der Waals surface area contributed by atoms with Crippen LogP contribution >= 0.6 is 0 Å². The minimum absolute atomic E-state index is 0.457. The van der Waals surface area contributed by atoms with Gasteiger partial charge in [-0.2, -0.15) is 0 Å². The van der Waals surface area contributed by atoms with Crippen molar-refractivity contribution in [1.82, 2.24) is 9.80 Å². The van der Waals surface area contributed by atoms with Crippen LogP contribution in [0.3, 0.4) is 0 Å². The van der Waals surface area contributed by atoms with Crippen LogP contribution in [0.25, 0.3) is 0 Å². The first kappa shape index (κ1) is 29.2. The highest BCUT2D eigenvalue weighted by Gasteiger charge is 2.57. The Hall–Kier alpha value is -0.0800. The second-order valence-electron chi connectivity index (χ2n) is 12.7. The molecule has 0 aromatic heterocycles. The molecular formula is C31H62N2. The molecule has 2 saturated heterocycles. The molecule has 2 aliphatic heterocycles. The molecule has 0 saturated carbocycles. The molecule has 0 amide bonds. The molecule has 0 aromatic carbocycles. The molecule has 0 aromatic rings. The van der Waals surface area contributed by atoms with Gasteiger partial charge < -0.3 is 0 Å². The molecular weight excluding hydrogens is 400 g/mol. The summed E-state index contributed by atoms with van der Waals surface area (Å²) in [5.41, 5.74) is 1.54. The van der Waals surface area contributed by atoms with Crippen LogP contribution in [0.2, 0.25) is 0 Å². The van der Waals surface area contributed by atoms with Gasteiger partial charge in [0.25, 0.3) is 0 Å². The van der Waals surface area contributed by atoms with E-state index in [1.165, 1.54) is 142 Å². The molecule has 2 unspecified atom stereocenters. The van der Waals surface area contributed by atoms with Crippen molar-refractivity contribution in [3.8, 4) is 0 Å². The van der Waals surface area contributed by atoms with E-state index < -0.39 is 0 Å². The lowest BCUT2D eigenvalue weighted by Crippen LogP contribution is -2.78. The van der Waals surface area contributed by atoms with Crippen LogP contribution in [-0.4, -0.2) is 47.1 Å². The van der Waals surface area contributed by atoms with Crippen LogP contribution in [0.5, 0.6) is 0 Å². The molecule has 33 heavy (non-hydrogen) atoms. The van der Waals surface area contributed by atoms with Crippen molar-refractivity contribution in [2.45, 2.75) is 168 Å². The number of unbranched alkanes of at least 4 members (excludes halogenated alkanes) is 10. The van der Waals surface area contributed by atoms with E-state index in [9.17, 15) is 0 Å². The van der Waals surface area contributed by atoms with Crippen LogP contribution in [0, 0.1) is 5.41 Å². The lowest BCUT2D eigenvalue weighted by molar-refractivity contribution is -0.183. The highest BCUT2D eigenvalue weighted by atomic mass is 15.4.